The van der Waals surface area contributed by atoms with Crippen molar-refractivity contribution in [2.24, 2.45) is 0 Å². The number of imidazole rings is 1. The van der Waals surface area contributed by atoms with Crippen LogP contribution in [0.15, 0.2) is 30.6 Å². The summed E-state index contributed by atoms with van der Waals surface area (Å²) < 4.78 is 21.6. The molecule has 4 aromatic rings. The van der Waals surface area contributed by atoms with Crippen molar-refractivity contribution in [2.45, 2.75) is 40.2 Å². The minimum atomic E-state index is -0.558. The second-order valence-corrected chi connectivity index (χ2v) is 11.0. The molecule has 1 aliphatic rings. The number of rotatable bonds is 3. The molecule has 0 radical (unpaired) electrons. The third kappa shape index (κ3) is 5.00. The van der Waals surface area contributed by atoms with Crippen molar-refractivity contribution >= 4 is 51.5 Å². The predicted molar refractivity (Wildman–Crippen MR) is 146 cm³/mol. The molecule has 1 fully saturated rings. The van der Waals surface area contributed by atoms with Gasteiger partial charge in [-0.2, -0.15) is 0 Å². The Kier molecular flexibility index (Phi) is 6.46. The van der Waals surface area contributed by atoms with E-state index in [1.165, 1.54) is 6.07 Å². The zero-order valence-electron chi connectivity index (χ0n) is 22.0. The number of amides is 2. The van der Waals surface area contributed by atoms with Crippen LogP contribution < -0.4 is 10.2 Å². The highest BCUT2D eigenvalue weighted by Gasteiger charge is 2.28. The van der Waals surface area contributed by atoms with Crippen LogP contribution in [0.25, 0.3) is 16.6 Å². The fourth-order valence-electron chi connectivity index (χ4n) is 4.77. The molecule has 4 heterocycles. The van der Waals surface area contributed by atoms with Gasteiger partial charge in [0, 0.05) is 55.7 Å². The first-order valence-corrected chi connectivity index (χ1v) is 12.8. The van der Waals surface area contributed by atoms with Crippen LogP contribution in [0.3, 0.4) is 0 Å². The van der Waals surface area contributed by atoms with Crippen LogP contribution in [-0.4, -0.2) is 63.0 Å². The molecule has 1 saturated heterocycles. The summed E-state index contributed by atoms with van der Waals surface area (Å²) >= 11 is 6.78. The minimum Gasteiger partial charge on any atom is -0.444 e. The Labute approximate surface area is 224 Å². The Balaban J connectivity index is 1.41. The topological polar surface area (TPSA) is 95.0 Å². The molecule has 0 saturated carbocycles. The number of ether oxygens (including phenoxy) is 1. The lowest BCUT2D eigenvalue weighted by molar-refractivity contribution is 0.0240. The summed E-state index contributed by atoms with van der Waals surface area (Å²) in [4.78, 5) is 37.1. The van der Waals surface area contributed by atoms with Crippen molar-refractivity contribution < 1.29 is 18.7 Å². The molecule has 2 amide bonds. The van der Waals surface area contributed by atoms with E-state index in [9.17, 15) is 14.0 Å². The van der Waals surface area contributed by atoms with Gasteiger partial charge in [-0.15, -0.1) is 0 Å². The Hall–Kier alpha value is -3.79. The molecule has 9 nitrogen and oxygen atoms in total. The Morgan fingerprint density at radius 1 is 1.11 bits per heavy atom. The summed E-state index contributed by atoms with van der Waals surface area (Å²) in [5.74, 6) is -0.952. The predicted octanol–water partition coefficient (Wildman–Crippen LogP) is 5.53. The van der Waals surface area contributed by atoms with Crippen molar-refractivity contribution in [1.29, 1.82) is 0 Å². The first kappa shape index (κ1) is 25.8. The number of benzene rings is 1. The molecule has 0 aliphatic carbocycles. The summed E-state index contributed by atoms with van der Waals surface area (Å²) in [5, 5.41) is 4.01. The largest absolute Gasteiger partial charge is 0.444 e. The fourth-order valence-corrected chi connectivity index (χ4v) is 5.10. The number of halogens is 2. The number of carbonyl (C=O) groups excluding carboxylic acids is 2. The highest BCUT2D eigenvalue weighted by Crippen LogP contribution is 2.38. The van der Waals surface area contributed by atoms with E-state index in [0.29, 0.717) is 53.7 Å². The van der Waals surface area contributed by atoms with E-state index in [1.54, 1.807) is 34.7 Å². The second kappa shape index (κ2) is 9.50. The van der Waals surface area contributed by atoms with Crippen LogP contribution in [0, 0.1) is 19.7 Å². The molecule has 0 spiro atoms. The van der Waals surface area contributed by atoms with Gasteiger partial charge in [-0.25, -0.2) is 14.2 Å². The highest BCUT2D eigenvalue weighted by molar-refractivity contribution is 6.36. The van der Waals surface area contributed by atoms with E-state index >= 15 is 0 Å². The second-order valence-electron chi connectivity index (χ2n) is 10.6. The number of nitrogens with zero attached hydrogens (tertiary/aromatic N) is 4. The molecule has 11 heteroatoms. The number of anilines is 2. The van der Waals surface area contributed by atoms with E-state index in [0.717, 1.165) is 16.8 Å². The highest BCUT2D eigenvalue weighted by atomic mass is 35.5. The molecule has 1 aromatic carbocycles. The molecule has 0 bridgehead atoms. The number of aromatic amines is 1. The lowest BCUT2D eigenvalue weighted by Crippen LogP contribution is -2.50. The van der Waals surface area contributed by atoms with E-state index in [1.807, 2.05) is 33.8 Å². The molecule has 1 aliphatic heterocycles. The smallest absolute Gasteiger partial charge is 0.410 e. The van der Waals surface area contributed by atoms with Gasteiger partial charge in [-0.3, -0.25) is 4.79 Å². The zero-order chi connectivity index (χ0) is 27.4. The van der Waals surface area contributed by atoms with Crippen LogP contribution in [-0.2, 0) is 4.74 Å². The lowest BCUT2D eigenvalue weighted by Gasteiger charge is -2.37. The van der Waals surface area contributed by atoms with Crippen molar-refractivity contribution in [3.05, 3.63) is 58.4 Å². The number of nitrogens with one attached hydrogen (secondary N) is 2. The molecule has 0 unspecified atom stereocenters. The van der Waals surface area contributed by atoms with E-state index in [2.05, 4.69) is 20.2 Å². The van der Waals surface area contributed by atoms with Crippen molar-refractivity contribution in [2.75, 3.05) is 36.4 Å². The van der Waals surface area contributed by atoms with Gasteiger partial charge in [0.05, 0.1) is 33.2 Å². The number of carbonyl (C=O) groups is 2. The van der Waals surface area contributed by atoms with Gasteiger partial charge in [0.15, 0.2) is 11.5 Å². The normalized spacial score (nSPS) is 14.4. The first-order valence-electron chi connectivity index (χ1n) is 12.4. The summed E-state index contributed by atoms with van der Waals surface area (Å²) in [6, 6.07) is 4.82. The van der Waals surface area contributed by atoms with Crippen molar-refractivity contribution in [3.8, 4) is 0 Å². The molecule has 0 atom stereocenters. The molecule has 3 aromatic heterocycles. The lowest BCUT2D eigenvalue weighted by atomic mass is 10.1. The van der Waals surface area contributed by atoms with Crippen molar-refractivity contribution in [1.82, 2.24) is 19.3 Å². The summed E-state index contributed by atoms with van der Waals surface area (Å²) in [5.41, 5.74) is 3.25. The number of hydrogen-bond acceptors (Lipinski definition) is 5. The Morgan fingerprint density at radius 2 is 1.82 bits per heavy atom. The summed E-state index contributed by atoms with van der Waals surface area (Å²) in [6.07, 6.45) is 2.97. The third-order valence-electron chi connectivity index (χ3n) is 6.35. The van der Waals surface area contributed by atoms with Crippen molar-refractivity contribution in [3.63, 3.8) is 0 Å². The molecular weight excluding hydrogens is 511 g/mol. The number of aryl methyl sites for hydroxylation is 2. The average Bonchev–Trinajstić information content (AvgIpc) is 3.39. The summed E-state index contributed by atoms with van der Waals surface area (Å²) in [7, 11) is 0. The molecule has 200 valence electrons. The zero-order valence-corrected chi connectivity index (χ0v) is 22.7. The van der Waals surface area contributed by atoms with E-state index < -0.39 is 17.3 Å². The SMILES string of the molecule is Cc1cn2cc(NC(=O)c3cc(Cl)c(N4CCN(C(=O)OC(C)(C)C)CC4)c4cc(C)[nH]c34)cc(F)c2n1. The quantitative estimate of drug-likeness (QED) is 0.356. The Morgan fingerprint density at radius 3 is 2.50 bits per heavy atom. The summed E-state index contributed by atoms with van der Waals surface area (Å²) in [6.45, 7) is 11.3. The van der Waals surface area contributed by atoms with Crippen LogP contribution >= 0.6 is 11.6 Å². The fraction of sp³-hybridized carbons (Fsp3) is 0.370. The monoisotopic (exact) mass is 540 g/mol. The molecule has 38 heavy (non-hydrogen) atoms. The number of aromatic nitrogens is 3. The van der Waals surface area contributed by atoms with Gasteiger partial charge in [0.2, 0.25) is 0 Å². The van der Waals surface area contributed by atoms with Crippen LogP contribution in [0.2, 0.25) is 5.02 Å². The Bertz CT molecular complexity index is 1560. The van der Waals surface area contributed by atoms with Crippen LogP contribution in [0.4, 0.5) is 20.6 Å². The van der Waals surface area contributed by atoms with Gasteiger partial charge in [-0.1, -0.05) is 11.6 Å². The van der Waals surface area contributed by atoms with Gasteiger partial charge in [0.25, 0.3) is 5.91 Å². The minimum absolute atomic E-state index is 0.196. The molecule has 5 rings (SSSR count). The third-order valence-corrected chi connectivity index (χ3v) is 6.64. The van der Waals surface area contributed by atoms with Gasteiger partial charge >= 0.3 is 6.09 Å². The first-order chi connectivity index (χ1) is 17.9. The number of fused-ring (bicyclic) bond motifs is 2. The van der Waals surface area contributed by atoms with Gasteiger partial charge < -0.3 is 29.2 Å². The number of pyridine rings is 1. The number of hydrogen-bond donors (Lipinski definition) is 2. The molecule has 2 N–H and O–H groups in total. The maximum atomic E-state index is 14.6. The number of H-pyrrole nitrogens is 1. The van der Waals surface area contributed by atoms with Crippen LogP contribution in [0.1, 0.15) is 42.5 Å². The standard InChI is InChI=1S/C27H30ClFN6O3/c1-15-10-18-22(30-15)19(25(36)32-17-11-21(29)24-31-16(2)13-35(24)14-17)12-20(28)23(18)33-6-8-34(9-7-33)26(37)38-27(3,4)5/h10-14,30H,6-9H2,1-5H3,(H,32,36). The maximum Gasteiger partial charge on any atom is 0.410 e. The average molecular weight is 541 g/mol. The number of piperazine rings is 1. The van der Waals surface area contributed by atoms with Gasteiger partial charge in [0.1, 0.15) is 5.60 Å². The van der Waals surface area contributed by atoms with Gasteiger partial charge in [-0.05, 0) is 46.8 Å². The maximum absolute atomic E-state index is 14.6. The van der Waals surface area contributed by atoms with Crippen LogP contribution in [0.5, 0.6) is 0 Å². The van der Waals surface area contributed by atoms with E-state index in [4.69, 9.17) is 16.3 Å². The van der Waals surface area contributed by atoms with E-state index in [-0.39, 0.29) is 11.7 Å². The molecular formula is C27H30ClFN6O3.